The molecule has 2 rings (SSSR count). The standard InChI is InChI=1S/C14H24N2O9/c1-5(19)15-10-12(21)11(20)9(4-18)25-14(10)24-8-2-6(13(22)23)16-7(8)3-17/h6-12,14,16-18,20-21H,2-4H2,1H3,(H,15,19)(H,22,23)/t6-,7+,8-,9+,10+,11+,12+,14+/m0/s1. The smallest absolute Gasteiger partial charge is 0.320 e. The van der Waals surface area contributed by atoms with Crippen molar-refractivity contribution in [3.8, 4) is 0 Å². The molecule has 11 heteroatoms. The molecule has 8 atom stereocenters. The molecule has 0 aromatic carbocycles. The lowest BCUT2D eigenvalue weighted by Crippen LogP contribution is -2.65. The van der Waals surface area contributed by atoms with Crippen LogP contribution in [-0.4, -0.2) is 99.5 Å². The molecule has 144 valence electrons. The first kappa shape index (κ1) is 20.0. The zero-order valence-corrected chi connectivity index (χ0v) is 13.6. The fourth-order valence-electron chi connectivity index (χ4n) is 3.08. The van der Waals surface area contributed by atoms with E-state index < -0.39 is 67.3 Å². The number of aliphatic hydroxyl groups is 4. The van der Waals surface area contributed by atoms with Gasteiger partial charge in [-0.3, -0.25) is 14.9 Å². The van der Waals surface area contributed by atoms with E-state index in [0.717, 1.165) is 0 Å². The van der Waals surface area contributed by atoms with Crippen LogP contribution in [0.25, 0.3) is 0 Å². The Bertz CT molecular complexity index is 491. The van der Waals surface area contributed by atoms with Gasteiger partial charge in [-0.05, 0) is 0 Å². The number of carboxylic acids is 1. The molecule has 2 saturated heterocycles. The SMILES string of the molecule is CC(=O)N[C@H]1[C@H](O[C@H]2C[C@@H](C(=O)O)N[C@@H]2CO)O[C@H](CO)[C@@H](O)[C@@H]1O. The predicted molar refractivity (Wildman–Crippen MR) is 80.3 cm³/mol. The van der Waals surface area contributed by atoms with Crippen LogP contribution in [0.15, 0.2) is 0 Å². The lowest BCUT2D eigenvalue weighted by Gasteiger charge is -2.43. The number of rotatable bonds is 6. The zero-order valence-electron chi connectivity index (χ0n) is 13.6. The molecule has 0 aromatic heterocycles. The second kappa shape index (κ2) is 8.36. The molecule has 0 bridgehead atoms. The van der Waals surface area contributed by atoms with Crippen molar-refractivity contribution in [2.45, 2.75) is 62.2 Å². The average molecular weight is 364 g/mol. The van der Waals surface area contributed by atoms with Gasteiger partial charge in [0.15, 0.2) is 6.29 Å². The number of hydrogen-bond donors (Lipinski definition) is 7. The molecule has 11 nitrogen and oxygen atoms in total. The molecule has 2 aliphatic heterocycles. The van der Waals surface area contributed by atoms with Gasteiger partial charge in [-0.25, -0.2) is 0 Å². The molecule has 2 heterocycles. The van der Waals surface area contributed by atoms with Crippen LogP contribution in [0.2, 0.25) is 0 Å². The third-order valence-electron chi connectivity index (χ3n) is 4.39. The van der Waals surface area contributed by atoms with Crippen LogP contribution in [0, 0.1) is 0 Å². The fraction of sp³-hybridized carbons (Fsp3) is 0.857. The van der Waals surface area contributed by atoms with Gasteiger partial charge in [0, 0.05) is 13.3 Å². The van der Waals surface area contributed by atoms with Crippen molar-refractivity contribution in [2.24, 2.45) is 0 Å². The number of amides is 1. The Morgan fingerprint density at radius 2 is 1.92 bits per heavy atom. The molecular weight excluding hydrogens is 340 g/mol. The summed E-state index contributed by atoms with van der Waals surface area (Å²) in [6, 6.07) is -2.73. The summed E-state index contributed by atoms with van der Waals surface area (Å²) in [6.45, 7) is 0.234. The van der Waals surface area contributed by atoms with E-state index in [1.165, 1.54) is 6.92 Å². The number of hydrogen-bond acceptors (Lipinski definition) is 9. The Labute approximate surface area is 143 Å². The molecule has 0 saturated carbocycles. The molecule has 0 aliphatic carbocycles. The number of carbonyl (C=O) groups is 2. The molecule has 1 amide bonds. The van der Waals surface area contributed by atoms with Gasteiger partial charge in [-0.1, -0.05) is 0 Å². The number of carboxylic acid groups (broad SMARTS) is 1. The third kappa shape index (κ3) is 4.44. The number of ether oxygens (including phenoxy) is 2. The number of aliphatic carboxylic acids is 1. The van der Waals surface area contributed by atoms with Crippen LogP contribution in [0.3, 0.4) is 0 Å². The van der Waals surface area contributed by atoms with Crippen molar-refractivity contribution in [3.63, 3.8) is 0 Å². The highest BCUT2D eigenvalue weighted by Gasteiger charge is 2.48. The highest BCUT2D eigenvalue weighted by Crippen LogP contribution is 2.26. The van der Waals surface area contributed by atoms with Gasteiger partial charge in [0.05, 0.1) is 25.4 Å². The molecule has 7 N–H and O–H groups in total. The largest absolute Gasteiger partial charge is 0.480 e. The lowest BCUT2D eigenvalue weighted by molar-refractivity contribution is -0.282. The fourth-order valence-corrected chi connectivity index (χ4v) is 3.08. The quantitative estimate of drug-likeness (QED) is 0.246. The van der Waals surface area contributed by atoms with Crippen LogP contribution in [0.5, 0.6) is 0 Å². The number of nitrogens with one attached hydrogen (secondary N) is 2. The highest BCUT2D eigenvalue weighted by molar-refractivity contribution is 5.74. The van der Waals surface area contributed by atoms with Crippen molar-refractivity contribution in [3.05, 3.63) is 0 Å². The minimum absolute atomic E-state index is 0.0374. The molecule has 0 unspecified atom stereocenters. The zero-order chi connectivity index (χ0) is 18.7. The minimum atomic E-state index is -1.46. The van der Waals surface area contributed by atoms with Crippen molar-refractivity contribution in [1.29, 1.82) is 0 Å². The lowest BCUT2D eigenvalue weighted by atomic mass is 9.96. The molecular formula is C14H24N2O9. The summed E-state index contributed by atoms with van der Waals surface area (Å²) in [5.74, 6) is -1.60. The molecule has 25 heavy (non-hydrogen) atoms. The maximum absolute atomic E-state index is 11.4. The maximum Gasteiger partial charge on any atom is 0.320 e. The first-order chi connectivity index (χ1) is 11.8. The van der Waals surface area contributed by atoms with E-state index in [1.54, 1.807) is 0 Å². The summed E-state index contributed by atoms with van der Waals surface area (Å²) < 4.78 is 11.1. The van der Waals surface area contributed by atoms with Crippen molar-refractivity contribution in [2.75, 3.05) is 13.2 Å². The monoisotopic (exact) mass is 364 g/mol. The highest BCUT2D eigenvalue weighted by atomic mass is 16.7. The van der Waals surface area contributed by atoms with E-state index in [2.05, 4.69) is 10.6 Å². The van der Waals surface area contributed by atoms with Crippen LogP contribution >= 0.6 is 0 Å². The van der Waals surface area contributed by atoms with E-state index in [-0.39, 0.29) is 13.0 Å². The molecule has 2 aliphatic rings. The van der Waals surface area contributed by atoms with Crippen LogP contribution in [-0.2, 0) is 19.1 Å². The minimum Gasteiger partial charge on any atom is -0.480 e. The Kier molecular flexibility index (Phi) is 6.68. The Morgan fingerprint density at radius 1 is 1.24 bits per heavy atom. The summed E-state index contributed by atoms with van der Waals surface area (Å²) in [4.78, 5) is 22.5. The topological polar surface area (TPSA) is 178 Å². The normalized spacial score (nSPS) is 41.5. The van der Waals surface area contributed by atoms with E-state index in [4.69, 9.17) is 14.6 Å². The van der Waals surface area contributed by atoms with Gasteiger partial charge >= 0.3 is 5.97 Å². The predicted octanol–water partition coefficient (Wildman–Crippen LogP) is -3.88. The van der Waals surface area contributed by atoms with Gasteiger partial charge in [0.1, 0.15) is 30.4 Å². The van der Waals surface area contributed by atoms with Crippen molar-refractivity contribution in [1.82, 2.24) is 10.6 Å². The molecule has 0 aromatic rings. The van der Waals surface area contributed by atoms with Crippen molar-refractivity contribution < 1.29 is 44.6 Å². The van der Waals surface area contributed by atoms with E-state index >= 15 is 0 Å². The van der Waals surface area contributed by atoms with Gasteiger partial charge in [0.2, 0.25) is 5.91 Å². The van der Waals surface area contributed by atoms with Gasteiger partial charge in [-0.15, -0.1) is 0 Å². The second-order valence-corrected chi connectivity index (χ2v) is 6.19. The first-order valence-electron chi connectivity index (χ1n) is 7.93. The van der Waals surface area contributed by atoms with Gasteiger partial charge in [-0.2, -0.15) is 0 Å². The summed E-state index contributed by atoms with van der Waals surface area (Å²) in [5.41, 5.74) is 0. The Morgan fingerprint density at radius 3 is 2.44 bits per heavy atom. The summed E-state index contributed by atoms with van der Waals surface area (Å²) in [5, 5.41) is 53.0. The van der Waals surface area contributed by atoms with E-state index in [9.17, 15) is 30.0 Å². The molecule has 0 spiro atoms. The van der Waals surface area contributed by atoms with Gasteiger partial charge < -0.3 is 40.3 Å². The Hall–Kier alpha value is -1.34. The van der Waals surface area contributed by atoms with E-state index in [1.807, 2.05) is 0 Å². The van der Waals surface area contributed by atoms with Crippen molar-refractivity contribution >= 4 is 11.9 Å². The van der Waals surface area contributed by atoms with Crippen LogP contribution in [0.1, 0.15) is 13.3 Å². The van der Waals surface area contributed by atoms with E-state index in [0.29, 0.717) is 0 Å². The third-order valence-corrected chi connectivity index (χ3v) is 4.39. The molecule has 2 fully saturated rings. The number of carbonyl (C=O) groups excluding carboxylic acids is 1. The summed E-state index contributed by atoms with van der Waals surface area (Å²) in [7, 11) is 0. The van der Waals surface area contributed by atoms with Crippen LogP contribution < -0.4 is 10.6 Å². The number of aliphatic hydroxyl groups excluding tert-OH is 4. The summed E-state index contributed by atoms with van der Waals surface area (Å²) >= 11 is 0. The second-order valence-electron chi connectivity index (χ2n) is 6.19. The average Bonchev–Trinajstić information content (AvgIpc) is 2.97. The maximum atomic E-state index is 11.4. The van der Waals surface area contributed by atoms with Gasteiger partial charge in [0.25, 0.3) is 0 Å². The first-order valence-corrected chi connectivity index (χ1v) is 7.93. The Balaban J connectivity index is 2.15. The summed E-state index contributed by atoms with van der Waals surface area (Å²) in [6.07, 6.45) is -6.01. The molecule has 0 radical (unpaired) electrons. The van der Waals surface area contributed by atoms with Crippen LogP contribution in [0.4, 0.5) is 0 Å².